The van der Waals surface area contributed by atoms with Crippen molar-refractivity contribution in [3.8, 4) is 0 Å². The van der Waals surface area contributed by atoms with E-state index in [9.17, 15) is 9.18 Å². The van der Waals surface area contributed by atoms with Crippen LogP contribution in [0, 0.1) is 5.82 Å². The van der Waals surface area contributed by atoms with Gasteiger partial charge in [0.2, 0.25) is 5.91 Å². The van der Waals surface area contributed by atoms with Crippen LogP contribution >= 0.6 is 11.6 Å². The second-order valence-corrected chi connectivity index (χ2v) is 2.73. The minimum Gasteiger partial charge on any atom is -0.369 e. The van der Waals surface area contributed by atoms with E-state index >= 15 is 0 Å². The van der Waals surface area contributed by atoms with Gasteiger partial charge < -0.3 is 5.73 Å². The summed E-state index contributed by atoms with van der Waals surface area (Å²) in [6.07, 6.45) is -0.0312. The maximum atomic E-state index is 12.7. The number of halogens is 2. The predicted octanol–water partition coefficient (Wildman–Crippen LogP) is 1.51. The van der Waals surface area contributed by atoms with E-state index in [-0.39, 0.29) is 11.4 Å². The molecule has 4 heteroatoms. The third-order valence-electron chi connectivity index (χ3n) is 1.40. The summed E-state index contributed by atoms with van der Waals surface area (Å²) in [5.41, 5.74) is 5.34. The Morgan fingerprint density at radius 3 is 2.83 bits per heavy atom. The summed E-state index contributed by atoms with van der Waals surface area (Å²) in [4.78, 5) is 10.5. The van der Waals surface area contributed by atoms with Crippen LogP contribution in [-0.4, -0.2) is 5.91 Å². The Labute approximate surface area is 74.1 Å². The second kappa shape index (κ2) is 3.54. The fraction of sp³-hybridized carbons (Fsp3) is 0.125. The summed E-state index contributed by atoms with van der Waals surface area (Å²) in [6, 6.07) is 4.28. The van der Waals surface area contributed by atoms with E-state index in [1.54, 1.807) is 6.07 Å². The minimum atomic E-state index is -0.532. The predicted molar refractivity (Wildman–Crippen MR) is 44.3 cm³/mol. The highest BCUT2D eigenvalue weighted by atomic mass is 35.5. The first-order chi connectivity index (χ1) is 5.61. The van der Waals surface area contributed by atoms with E-state index in [4.69, 9.17) is 17.3 Å². The number of nitrogens with two attached hydrogens (primary N) is 1. The average Bonchev–Trinajstić information content (AvgIpc) is 1.98. The second-order valence-electron chi connectivity index (χ2n) is 2.36. The molecule has 1 aromatic carbocycles. The zero-order valence-corrected chi connectivity index (χ0v) is 6.94. The molecule has 0 unspecified atom stereocenters. The Kier molecular flexibility index (Phi) is 2.65. The highest BCUT2D eigenvalue weighted by Crippen LogP contribution is 2.19. The van der Waals surface area contributed by atoms with E-state index in [0.29, 0.717) is 5.56 Å². The maximum Gasteiger partial charge on any atom is 0.221 e. The van der Waals surface area contributed by atoms with E-state index in [0.717, 1.165) is 0 Å². The molecular formula is C8H7ClFNO. The largest absolute Gasteiger partial charge is 0.369 e. The van der Waals surface area contributed by atoms with Gasteiger partial charge >= 0.3 is 0 Å². The molecule has 1 aromatic rings. The van der Waals surface area contributed by atoms with Crippen LogP contribution < -0.4 is 5.73 Å². The molecule has 0 aromatic heterocycles. The van der Waals surface area contributed by atoms with Crippen LogP contribution in [0.5, 0.6) is 0 Å². The number of primary amides is 1. The first kappa shape index (κ1) is 9.00. The molecule has 1 rings (SSSR count). The Hall–Kier alpha value is -1.09. The number of hydrogen-bond donors (Lipinski definition) is 1. The van der Waals surface area contributed by atoms with Crippen LogP contribution in [0.2, 0.25) is 5.02 Å². The summed E-state index contributed by atoms with van der Waals surface area (Å²) in [5, 5.41) is -0.0312. The maximum absolute atomic E-state index is 12.7. The molecule has 0 aliphatic carbocycles. The molecule has 2 nitrogen and oxygen atoms in total. The van der Waals surface area contributed by atoms with Crippen LogP contribution in [0.1, 0.15) is 5.56 Å². The van der Waals surface area contributed by atoms with E-state index in [1.807, 2.05) is 0 Å². The Balaban J connectivity index is 3.00. The monoisotopic (exact) mass is 187 g/mol. The first-order valence-corrected chi connectivity index (χ1v) is 3.70. The van der Waals surface area contributed by atoms with E-state index in [1.165, 1.54) is 12.1 Å². The SMILES string of the molecule is NC(=O)Cc1cccc(F)c1Cl. The minimum absolute atomic E-state index is 0.0312. The molecule has 0 saturated carbocycles. The summed E-state index contributed by atoms with van der Waals surface area (Å²) in [7, 11) is 0. The quantitative estimate of drug-likeness (QED) is 0.749. The number of rotatable bonds is 2. The fourth-order valence-electron chi connectivity index (χ4n) is 0.873. The average molecular weight is 188 g/mol. The molecule has 0 bridgehead atoms. The molecule has 1 amide bonds. The molecule has 0 atom stereocenters. The number of benzene rings is 1. The molecule has 0 aliphatic heterocycles. The van der Waals surface area contributed by atoms with Gasteiger partial charge in [-0.2, -0.15) is 0 Å². The van der Waals surface area contributed by atoms with Gasteiger partial charge in [-0.05, 0) is 11.6 Å². The van der Waals surface area contributed by atoms with Gasteiger partial charge in [-0.3, -0.25) is 4.79 Å². The lowest BCUT2D eigenvalue weighted by Gasteiger charge is -2.00. The van der Waals surface area contributed by atoms with E-state index < -0.39 is 11.7 Å². The number of carbonyl (C=O) groups excluding carboxylic acids is 1. The van der Waals surface area contributed by atoms with Crippen LogP contribution in [0.25, 0.3) is 0 Å². The van der Waals surface area contributed by atoms with Crippen molar-refractivity contribution in [2.24, 2.45) is 5.73 Å². The van der Waals surface area contributed by atoms with Gasteiger partial charge in [-0.25, -0.2) is 4.39 Å². The van der Waals surface area contributed by atoms with E-state index in [2.05, 4.69) is 0 Å². The number of amides is 1. The summed E-state index contributed by atoms with van der Waals surface area (Å²) < 4.78 is 12.7. The van der Waals surface area contributed by atoms with Crippen molar-refractivity contribution in [3.05, 3.63) is 34.6 Å². The van der Waals surface area contributed by atoms with Crippen molar-refractivity contribution in [2.75, 3.05) is 0 Å². The lowest BCUT2D eigenvalue weighted by molar-refractivity contribution is -0.117. The molecule has 2 N–H and O–H groups in total. The van der Waals surface area contributed by atoms with Gasteiger partial charge in [0.15, 0.2) is 0 Å². The topological polar surface area (TPSA) is 43.1 Å². The molecule has 0 spiro atoms. The Morgan fingerprint density at radius 2 is 2.25 bits per heavy atom. The van der Waals surface area contributed by atoms with Crippen LogP contribution in [-0.2, 0) is 11.2 Å². The molecule has 0 heterocycles. The van der Waals surface area contributed by atoms with Crippen molar-refractivity contribution in [1.82, 2.24) is 0 Å². The van der Waals surface area contributed by atoms with Crippen molar-refractivity contribution in [2.45, 2.75) is 6.42 Å². The standard InChI is InChI=1S/C8H7ClFNO/c9-8-5(4-7(11)12)2-1-3-6(8)10/h1-3H,4H2,(H2,11,12). The van der Waals surface area contributed by atoms with Gasteiger partial charge in [-0.15, -0.1) is 0 Å². The summed E-state index contributed by atoms with van der Waals surface area (Å²) >= 11 is 5.55. The molecule has 0 aliphatic rings. The fourth-order valence-corrected chi connectivity index (χ4v) is 1.07. The highest BCUT2D eigenvalue weighted by Gasteiger charge is 2.06. The summed E-state index contributed by atoms with van der Waals surface area (Å²) in [5.74, 6) is -1.06. The van der Waals surface area contributed by atoms with Crippen molar-refractivity contribution in [1.29, 1.82) is 0 Å². The Bertz CT molecular complexity index is 314. The van der Waals surface area contributed by atoms with Crippen LogP contribution in [0.15, 0.2) is 18.2 Å². The first-order valence-electron chi connectivity index (χ1n) is 3.32. The van der Waals surface area contributed by atoms with Gasteiger partial charge in [-0.1, -0.05) is 23.7 Å². The Morgan fingerprint density at radius 1 is 1.58 bits per heavy atom. The number of carbonyl (C=O) groups is 1. The van der Waals surface area contributed by atoms with Crippen molar-refractivity contribution >= 4 is 17.5 Å². The normalized spacial score (nSPS) is 9.83. The summed E-state index contributed by atoms with van der Waals surface area (Å²) in [6.45, 7) is 0. The molecule has 0 radical (unpaired) electrons. The number of hydrogen-bond acceptors (Lipinski definition) is 1. The third kappa shape index (κ3) is 1.95. The van der Waals surface area contributed by atoms with Crippen LogP contribution in [0.4, 0.5) is 4.39 Å². The van der Waals surface area contributed by atoms with Crippen molar-refractivity contribution in [3.63, 3.8) is 0 Å². The smallest absolute Gasteiger partial charge is 0.221 e. The molecule has 12 heavy (non-hydrogen) atoms. The third-order valence-corrected chi connectivity index (χ3v) is 1.82. The van der Waals surface area contributed by atoms with Gasteiger partial charge in [0, 0.05) is 0 Å². The van der Waals surface area contributed by atoms with Gasteiger partial charge in [0.25, 0.3) is 0 Å². The molecule has 0 saturated heterocycles. The zero-order chi connectivity index (χ0) is 9.14. The van der Waals surface area contributed by atoms with Crippen molar-refractivity contribution < 1.29 is 9.18 Å². The molecule has 64 valence electrons. The van der Waals surface area contributed by atoms with Gasteiger partial charge in [0.1, 0.15) is 5.82 Å². The highest BCUT2D eigenvalue weighted by molar-refractivity contribution is 6.31. The lowest BCUT2D eigenvalue weighted by atomic mass is 10.1. The molecular weight excluding hydrogens is 181 g/mol. The van der Waals surface area contributed by atoms with Crippen LogP contribution in [0.3, 0.4) is 0 Å². The molecule has 0 fully saturated rings. The van der Waals surface area contributed by atoms with Gasteiger partial charge in [0.05, 0.1) is 11.4 Å². The zero-order valence-electron chi connectivity index (χ0n) is 6.18. The lowest BCUT2D eigenvalue weighted by Crippen LogP contribution is -2.14.